The zero-order chi connectivity index (χ0) is 22.1. The van der Waals surface area contributed by atoms with Gasteiger partial charge >= 0.3 is 6.18 Å². The van der Waals surface area contributed by atoms with Gasteiger partial charge in [-0.2, -0.15) is 13.2 Å². The Morgan fingerprint density at radius 3 is 2.60 bits per heavy atom. The number of ether oxygens (including phenoxy) is 1. The molecule has 0 saturated heterocycles. The Labute approximate surface area is 173 Å². The van der Waals surface area contributed by atoms with Gasteiger partial charge in [-0.3, -0.25) is 4.79 Å². The number of hydrogen-bond donors (Lipinski definition) is 2. The van der Waals surface area contributed by atoms with E-state index in [1.54, 1.807) is 19.9 Å². The van der Waals surface area contributed by atoms with E-state index in [1.165, 1.54) is 24.4 Å². The van der Waals surface area contributed by atoms with Crippen LogP contribution in [-0.4, -0.2) is 23.5 Å². The van der Waals surface area contributed by atoms with E-state index in [9.17, 15) is 18.0 Å². The van der Waals surface area contributed by atoms with Crippen LogP contribution in [0.1, 0.15) is 50.3 Å². The van der Waals surface area contributed by atoms with Crippen LogP contribution in [-0.2, 0) is 11.0 Å². The highest BCUT2D eigenvalue weighted by atomic mass is 19.4. The maximum absolute atomic E-state index is 13.9. The molecule has 0 fully saturated rings. The second-order valence-corrected chi connectivity index (χ2v) is 7.29. The minimum atomic E-state index is -4.58. The molecular formula is C22H24F3N3O2. The quantitative estimate of drug-likeness (QED) is 0.727. The summed E-state index contributed by atoms with van der Waals surface area (Å²) < 4.78 is 47.5. The van der Waals surface area contributed by atoms with E-state index >= 15 is 0 Å². The number of benzene rings is 1. The Hall–Kier alpha value is -3.03. The van der Waals surface area contributed by atoms with Crippen LogP contribution in [0.25, 0.3) is 0 Å². The van der Waals surface area contributed by atoms with Crippen LogP contribution in [0.4, 0.5) is 18.9 Å². The van der Waals surface area contributed by atoms with Gasteiger partial charge in [-0.1, -0.05) is 18.2 Å². The van der Waals surface area contributed by atoms with Crippen LogP contribution in [0.5, 0.6) is 5.88 Å². The smallest absolute Gasteiger partial charge is 0.416 e. The van der Waals surface area contributed by atoms with Crippen LogP contribution >= 0.6 is 0 Å². The molecule has 0 saturated carbocycles. The van der Waals surface area contributed by atoms with Gasteiger partial charge in [0.2, 0.25) is 11.8 Å². The summed E-state index contributed by atoms with van der Waals surface area (Å²) in [5.41, 5.74) is 0.856. The van der Waals surface area contributed by atoms with Crippen LogP contribution in [0.15, 0.2) is 47.8 Å². The summed E-state index contributed by atoms with van der Waals surface area (Å²) in [5.74, 6) is -1.23. The SMILES string of the molecule is CCNC(=O)C1=C(C)Nc2ccnc(OC(C)C)c2C1c1ccccc1C(F)(F)F. The number of alkyl halides is 3. The van der Waals surface area contributed by atoms with Crippen molar-refractivity contribution in [2.75, 3.05) is 11.9 Å². The summed E-state index contributed by atoms with van der Waals surface area (Å²) in [6.45, 7) is 7.40. The third kappa shape index (κ3) is 4.13. The molecule has 2 N–H and O–H groups in total. The lowest BCUT2D eigenvalue weighted by atomic mass is 9.78. The number of fused-ring (bicyclic) bond motifs is 1. The number of hydrogen-bond acceptors (Lipinski definition) is 4. The number of rotatable bonds is 5. The number of nitrogens with zero attached hydrogens (tertiary/aromatic N) is 1. The average molecular weight is 419 g/mol. The summed E-state index contributed by atoms with van der Waals surface area (Å²) >= 11 is 0. The van der Waals surface area contributed by atoms with Crippen molar-refractivity contribution < 1.29 is 22.7 Å². The van der Waals surface area contributed by atoms with Gasteiger partial charge in [-0.25, -0.2) is 4.98 Å². The van der Waals surface area contributed by atoms with Crippen molar-refractivity contribution in [3.05, 3.63) is 64.5 Å². The third-order valence-corrected chi connectivity index (χ3v) is 4.76. The molecule has 1 atom stereocenters. The predicted molar refractivity (Wildman–Crippen MR) is 108 cm³/mol. The average Bonchev–Trinajstić information content (AvgIpc) is 2.66. The van der Waals surface area contributed by atoms with Crippen molar-refractivity contribution in [3.8, 4) is 5.88 Å². The van der Waals surface area contributed by atoms with Crippen molar-refractivity contribution in [3.63, 3.8) is 0 Å². The zero-order valence-electron chi connectivity index (χ0n) is 17.2. The molecule has 0 bridgehead atoms. The molecule has 1 aliphatic heterocycles. The summed E-state index contributed by atoms with van der Waals surface area (Å²) in [4.78, 5) is 17.2. The highest BCUT2D eigenvalue weighted by Gasteiger charge is 2.41. The lowest BCUT2D eigenvalue weighted by Crippen LogP contribution is -2.33. The number of nitrogens with one attached hydrogen (secondary N) is 2. The molecule has 3 rings (SSSR count). The maximum atomic E-state index is 13.9. The third-order valence-electron chi connectivity index (χ3n) is 4.76. The summed E-state index contributed by atoms with van der Waals surface area (Å²) in [5, 5.41) is 5.85. The Morgan fingerprint density at radius 2 is 1.97 bits per heavy atom. The molecule has 8 heteroatoms. The van der Waals surface area contributed by atoms with Gasteiger partial charge in [-0.05, 0) is 45.4 Å². The van der Waals surface area contributed by atoms with E-state index in [0.29, 0.717) is 23.5 Å². The topological polar surface area (TPSA) is 63.2 Å². The fraction of sp³-hybridized carbons (Fsp3) is 0.364. The van der Waals surface area contributed by atoms with E-state index in [2.05, 4.69) is 15.6 Å². The van der Waals surface area contributed by atoms with Crippen molar-refractivity contribution in [1.29, 1.82) is 0 Å². The molecule has 1 aromatic carbocycles. The molecule has 1 unspecified atom stereocenters. The maximum Gasteiger partial charge on any atom is 0.416 e. The van der Waals surface area contributed by atoms with Gasteiger partial charge in [0.25, 0.3) is 0 Å². The molecule has 0 spiro atoms. The monoisotopic (exact) mass is 419 g/mol. The van der Waals surface area contributed by atoms with Crippen molar-refractivity contribution >= 4 is 11.6 Å². The van der Waals surface area contributed by atoms with E-state index in [4.69, 9.17) is 4.74 Å². The van der Waals surface area contributed by atoms with Crippen molar-refractivity contribution in [2.45, 2.75) is 45.9 Å². The lowest BCUT2D eigenvalue weighted by Gasteiger charge is -2.33. The summed E-state index contributed by atoms with van der Waals surface area (Å²) in [6.07, 6.45) is -3.30. The van der Waals surface area contributed by atoms with E-state index < -0.39 is 23.6 Å². The molecule has 1 aromatic heterocycles. The van der Waals surface area contributed by atoms with Gasteiger partial charge < -0.3 is 15.4 Å². The van der Waals surface area contributed by atoms with Crippen LogP contribution in [0.2, 0.25) is 0 Å². The lowest BCUT2D eigenvalue weighted by molar-refractivity contribution is -0.138. The molecule has 1 aliphatic rings. The number of carbonyl (C=O) groups excluding carboxylic acids is 1. The Balaban J connectivity index is 2.33. The van der Waals surface area contributed by atoms with Gasteiger partial charge in [0.15, 0.2) is 0 Å². The molecule has 5 nitrogen and oxygen atoms in total. The predicted octanol–water partition coefficient (Wildman–Crippen LogP) is 4.86. The fourth-order valence-corrected chi connectivity index (χ4v) is 3.66. The van der Waals surface area contributed by atoms with Gasteiger partial charge in [0, 0.05) is 41.2 Å². The number of halogens is 3. The zero-order valence-corrected chi connectivity index (χ0v) is 17.2. The summed E-state index contributed by atoms with van der Waals surface area (Å²) in [7, 11) is 0. The van der Waals surface area contributed by atoms with Gasteiger partial charge in [-0.15, -0.1) is 0 Å². The minimum Gasteiger partial charge on any atom is -0.475 e. The number of carbonyl (C=O) groups is 1. The van der Waals surface area contributed by atoms with Gasteiger partial charge in [0.05, 0.1) is 11.7 Å². The van der Waals surface area contributed by atoms with Crippen LogP contribution in [0.3, 0.4) is 0 Å². The highest BCUT2D eigenvalue weighted by molar-refractivity contribution is 5.99. The first-order valence-electron chi connectivity index (χ1n) is 9.72. The molecule has 1 amide bonds. The van der Waals surface area contributed by atoms with Gasteiger partial charge in [0.1, 0.15) is 0 Å². The van der Waals surface area contributed by atoms with E-state index in [1.807, 2.05) is 13.8 Å². The standard InChI is InChI=1S/C22H24F3N3O2/c1-5-26-20(29)17-13(4)28-16-10-11-27-21(30-12(2)3)19(16)18(17)14-8-6-7-9-15(14)22(23,24)25/h6-12,18,28H,5H2,1-4H3,(H,26,29). The van der Waals surface area contributed by atoms with E-state index in [0.717, 1.165) is 6.07 Å². The number of pyridine rings is 1. The molecule has 160 valence electrons. The molecular weight excluding hydrogens is 395 g/mol. The molecule has 30 heavy (non-hydrogen) atoms. The Kier molecular flexibility index (Phi) is 6.05. The molecule has 2 heterocycles. The molecule has 2 aromatic rings. The highest BCUT2D eigenvalue weighted by Crippen LogP contribution is 2.48. The number of amides is 1. The van der Waals surface area contributed by atoms with Crippen LogP contribution < -0.4 is 15.4 Å². The number of aromatic nitrogens is 1. The first-order chi connectivity index (χ1) is 14.1. The number of anilines is 1. The Morgan fingerprint density at radius 1 is 1.27 bits per heavy atom. The summed E-state index contributed by atoms with van der Waals surface area (Å²) in [6, 6.07) is 6.98. The fourth-order valence-electron chi connectivity index (χ4n) is 3.66. The largest absolute Gasteiger partial charge is 0.475 e. The number of allylic oxidation sites excluding steroid dienone is 1. The minimum absolute atomic E-state index is 0.0186. The normalized spacial score (nSPS) is 16.2. The second kappa shape index (κ2) is 8.38. The van der Waals surface area contributed by atoms with Crippen LogP contribution in [0, 0.1) is 0 Å². The first kappa shape index (κ1) is 21.7. The van der Waals surface area contributed by atoms with Crippen molar-refractivity contribution in [2.24, 2.45) is 0 Å². The molecule has 0 aliphatic carbocycles. The Bertz CT molecular complexity index is 984. The van der Waals surface area contributed by atoms with E-state index in [-0.39, 0.29) is 23.1 Å². The second-order valence-electron chi connectivity index (χ2n) is 7.29. The molecule has 0 radical (unpaired) electrons. The first-order valence-corrected chi connectivity index (χ1v) is 9.72. The van der Waals surface area contributed by atoms with Crippen molar-refractivity contribution in [1.82, 2.24) is 10.3 Å². The number of likely N-dealkylation sites (N-methyl/N-ethyl adjacent to an activating group) is 1.